The number of ether oxygens (including phenoxy) is 1. The number of carbonyl (C=O) groups is 1. The molecule has 0 aromatic carbocycles. The molecule has 26 heavy (non-hydrogen) atoms. The number of carbonyl (C=O) groups excluding carboxylic acids is 1. The monoisotopic (exact) mass is 355 g/mol. The fourth-order valence-corrected chi connectivity index (χ4v) is 2.87. The van der Waals surface area contributed by atoms with Crippen LogP contribution in [-0.4, -0.2) is 48.1 Å². The SMILES string of the molecule is CN[C@@H](C)C/C=C/c1cncc(O[C@H]2CCN(C(=O)c3ccco3)C2)c1. The lowest BCUT2D eigenvalue weighted by Gasteiger charge is -2.16. The van der Waals surface area contributed by atoms with E-state index in [1.807, 2.05) is 19.3 Å². The average Bonchev–Trinajstić information content (AvgIpc) is 3.33. The maximum Gasteiger partial charge on any atom is 0.289 e. The van der Waals surface area contributed by atoms with Gasteiger partial charge in [-0.2, -0.15) is 0 Å². The van der Waals surface area contributed by atoms with Crippen LogP contribution in [0.1, 0.15) is 35.9 Å². The Morgan fingerprint density at radius 2 is 2.42 bits per heavy atom. The van der Waals surface area contributed by atoms with Crippen LogP contribution in [0, 0.1) is 0 Å². The van der Waals surface area contributed by atoms with Gasteiger partial charge >= 0.3 is 0 Å². The van der Waals surface area contributed by atoms with Gasteiger partial charge in [0.1, 0.15) is 11.9 Å². The van der Waals surface area contributed by atoms with Crippen molar-refractivity contribution in [2.24, 2.45) is 0 Å². The van der Waals surface area contributed by atoms with Crippen molar-refractivity contribution in [1.29, 1.82) is 0 Å². The molecule has 0 aliphatic carbocycles. The zero-order valence-electron chi connectivity index (χ0n) is 15.2. The second-order valence-electron chi connectivity index (χ2n) is 6.54. The van der Waals surface area contributed by atoms with E-state index in [1.165, 1.54) is 6.26 Å². The molecule has 6 heteroatoms. The molecule has 1 aliphatic rings. The molecule has 2 aromatic heterocycles. The molecular weight excluding hydrogens is 330 g/mol. The molecule has 1 fully saturated rings. The van der Waals surface area contributed by atoms with Gasteiger partial charge in [-0.25, -0.2) is 0 Å². The van der Waals surface area contributed by atoms with Gasteiger partial charge in [-0.1, -0.05) is 12.2 Å². The molecule has 1 N–H and O–H groups in total. The van der Waals surface area contributed by atoms with Crippen LogP contribution >= 0.6 is 0 Å². The number of hydrogen-bond acceptors (Lipinski definition) is 5. The lowest BCUT2D eigenvalue weighted by molar-refractivity contribution is 0.0741. The number of aromatic nitrogens is 1. The Labute approximate surface area is 153 Å². The second kappa shape index (κ2) is 8.67. The Bertz CT molecular complexity index is 743. The van der Waals surface area contributed by atoms with Crippen molar-refractivity contribution >= 4 is 12.0 Å². The molecule has 0 spiro atoms. The zero-order valence-corrected chi connectivity index (χ0v) is 15.2. The van der Waals surface area contributed by atoms with Gasteiger partial charge in [0.2, 0.25) is 0 Å². The first-order chi connectivity index (χ1) is 12.7. The van der Waals surface area contributed by atoms with Gasteiger partial charge < -0.3 is 19.4 Å². The van der Waals surface area contributed by atoms with Gasteiger partial charge in [0.25, 0.3) is 5.91 Å². The molecule has 0 radical (unpaired) electrons. The van der Waals surface area contributed by atoms with Gasteiger partial charge in [0.15, 0.2) is 5.76 Å². The van der Waals surface area contributed by atoms with Gasteiger partial charge in [-0.05, 0) is 44.2 Å². The summed E-state index contributed by atoms with van der Waals surface area (Å²) < 4.78 is 11.2. The third-order valence-corrected chi connectivity index (χ3v) is 4.49. The number of nitrogens with zero attached hydrogens (tertiary/aromatic N) is 2. The van der Waals surface area contributed by atoms with E-state index in [1.54, 1.807) is 23.2 Å². The van der Waals surface area contributed by atoms with E-state index < -0.39 is 0 Å². The van der Waals surface area contributed by atoms with E-state index in [0.717, 1.165) is 24.2 Å². The first kappa shape index (κ1) is 18.2. The molecule has 3 heterocycles. The maximum atomic E-state index is 12.3. The summed E-state index contributed by atoms with van der Waals surface area (Å²) in [6.07, 6.45) is 10.9. The number of likely N-dealkylation sites (tertiary alicyclic amines) is 1. The number of nitrogens with one attached hydrogen (secondary N) is 1. The summed E-state index contributed by atoms with van der Waals surface area (Å²) in [5.41, 5.74) is 1.01. The fourth-order valence-electron chi connectivity index (χ4n) is 2.87. The molecular formula is C20H25N3O3. The van der Waals surface area contributed by atoms with E-state index in [2.05, 4.69) is 29.4 Å². The summed E-state index contributed by atoms with van der Waals surface area (Å²) in [5.74, 6) is 1.01. The Hall–Kier alpha value is -2.60. The Kier molecular flexibility index (Phi) is 6.07. The summed E-state index contributed by atoms with van der Waals surface area (Å²) in [6, 6.07) is 5.82. The van der Waals surface area contributed by atoms with Crippen LogP contribution in [0.25, 0.3) is 6.08 Å². The van der Waals surface area contributed by atoms with Crippen LogP contribution in [-0.2, 0) is 0 Å². The Morgan fingerprint density at radius 3 is 3.19 bits per heavy atom. The highest BCUT2D eigenvalue weighted by atomic mass is 16.5. The largest absolute Gasteiger partial charge is 0.487 e. The Balaban J connectivity index is 1.55. The van der Waals surface area contributed by atoms with Crippen molar-refractivity contribution in [2.75, 3.05) is 20.1 Å². The molecule has 2 aromatic rings. The Morgan fingerprint density at radius 1 is 1.54 bits per heavy atom. The third kappa shape index (κ3) is 4.73. The van der Waals surface area contributed by atoms with Crippen LogP contribution < -0.4 is 10.1 Å². The van der Waals surface area contributed by atoms with E-state index >= 15 is 0 Å². The summed E-state index contributed by atoms with van der Waals surface area (Å²) in [6.45, 7) is 3.36. The van der Waals surface area contributed by atoms with E-state index in [0.29, 0.717) is 24.9 Å². The molecule has 138 valence electrons. The van der Waals surface area contributed by atoms with Crippen molar-refractivity contribution in [3.63, 3.8) is 0 Å². The van der Waals surface area contributed by atoms with Crippen molar-refractivity contribution < 1.29 is 13.9 Å². The van der Waals surface area contributed by atoms with Gasteiger partial charge in [-0.15, -0.1) is 0 Å². The molecule has 1 amide bonds. The fraction of sp³-hybridized carbons (Fsp3) is 0.400. The standard InChI is InChI=1S/C20H25N3O3/c1-15(21-2)5-3-6-16-11-18(13-22-12-16)26-17-8-9-23(14-17)20(24)19-7-4-10-25-19/h3-4,6-7,10-13,15,17,21H,5,8-9,14H2,1-2H3/b6-3+/t15-,17-/m0/s1. The summed E-state index contributed by atoms with van der Waals surface area (Å²) in [4.78, 5) is 18.3. The lowest BCUT2D eigenvalue weighted by atomic mass is 10.2. The van der Waals surface area contributed by atoms with Gasteiger partial charge in [0, 0.05) is 25.2 Å². The topological polar surface area (TPSA) is 67.6 Å². The van der Waals surface area contributed by atoms with Crippen LogP contribution in [0.2, 0.25) is 0 Å². The van der Waals surface area contributed by atoms with E-state index in [9.17, 15) is 4.79 Å². The van der Waals surface area contributed by atoms with Crippen LogP contribution in [0.3, 0.4) is 0 Å². The summed E-state index contributed by atoms with van der Waals surface area (Å²) in [5, 5.41) is 3.20. The highest BCUT2D eigenvalue weighted by molar-refractivity contribution is 5.91. The number of rotatable bonds is 7. The molecule has 6 nitrogen and oxygen atoms in total. The van der Waals surface area contributed by atoms with Crippen molar-refractivity contribution in [3.8, 4) is 5.75 Å². The average molecular weight is 355 g/mol. The number of amides is 1. The minimum absolute atomic E-state index is 0.0285. The molecule has 0 saturated carbocycles. The van der Waals surface area contributed by atoms with Crippen LogP contribution in [0.4, 0.5) is 0 Å². The predicted octanol–water partition coefficient (Wildman–Crippen LogP) is 2.98. The number of furan rings is 1. The first-order valence-corrected chi connectivity index (χ1v) is 8.94. The van der Waals surface area contributed by atoms with Gasteiger partial charge in [0.05, 0.1) is 19.0 Å². The van der Waals surface area contributed by atoms with Crippen molar-refractivity contribution in [1.82, 2.24) is 15.2 Å². The second-order valence-corrected chi connectivity index (χ2v) is 6.54. The van der Waals surface area contributed by atoms with Crippen LogP contribution in [0.5, 0.6) is 5.75 Å². The minimum Gasteiger partial charge on any atom is -0.487 e. The zero-order chi connectivity index (χ0) is 18.4. The van der Waals surface area contributed by atoms with Crippen molar-refractivity contribution in [2.45, 2.75) is 31.9 Å². The predicted molar refractivity (Wildman–Crippen MR) is 100 cm³/mol. The van der Waals surface area contributed by atoms with E-state index in [4.69, 9.17) is 9.15 Å². The number of hydrogen-bond donors (Lipinski definition) is 1. The maximum absolute atomic E-state index is 12.3. The van der Waals surface area contributed by atoms with Crippen LogP contribution in [0.15, 0.2) is 47.3 Å². The van der Waals surface area contributed by atoms with Crippen molar-refractivity contribution in [3.05, 3.63) is 54.3 Å². The highest BCUT2D eigenvalue weighted by Crippen LogP contribution is 2.21. The third-order valence-electron chi connectivity index (χ3n) is 4.49. The molecule has 1 saturated heterocycles. The molecule has 2 atom stereocenters. The number of pyridine rings is 1. The van der Waals surface area contributed by atoms with E-state index in [-0.39, 0.29) is 12.0 Å². The summed E-state index contributed by atoms with van der Waals surface area (Å²) >= 11 is 0. The lowest BCUT2D eigenvalue weighted by Crippen LogP contribution is -2.30. The molecule has 0 unspecified atom stereocenters. The quantitative estimate of drug-likeness (QED) is 0.827. The minimum atomic E-state index is -0.0884. The normalized spacial score (nSPS) is 18.4. The first-order valence-electron chi connectivity index (χ1n) is 8.94. The highest BCUT2D eigenvalue weighted by Gasteiger charge is 2.29. The van der Waals surface area contributed by atoms with Gasteiger partial charge in [-0.3, -0.25) is 9.78 Å². The summed E-state index contributed by atoms with van der Waals surface area (Å²) in [7, 11) is 1.95. The molecule has 1 aliphatic heterocycles. The molecule has 3 rings (SSSR count). The smallest absolute Gasteiger partial charge is 0.289 e. The molecule has 0 bridgehead atoms.